The predicted molar refractivity (Wildman–Crippen MR) is 123 cm³/mol. The third kappa shape index (κ3) is 3.80. The number of nitrogens with one attached hydrogen (secondary N) is 1. The van der Waals surface area contributed by atoms with Crippen molar-refractivity contribution in [3.63, 3.8) is 0 Å². The Morgan fingerprint density at radius 3 is 2.32 bits per heavy atom. The van der Waals surface area contributed by atoms with Crippen LogP contribution in [0.15, 0.2) is 72.4 Å². The van der Waals surface area contributed by atoms with Gasteiger partial charge in [0.25, 0.3) is 11.8 Å². The van der Waals surface area contributed by atoms with Crippen LogP contribution in [-0.4, -0.2) is 18.9 Å². The summed E-state index contributed by atoms with van der Waals surface area (Å²) in [5, 5.41) is 3.70. The van der Waals surface area contributed by atoms with E-state index in [9.17, 15) is 9.59 Å². The number of methoxy groups -OCH3 is 1. The van der Waals surface area contributed by atoms with Crippen LogP contribution in [0.2, 0.25) is 5.02 Å². The number of benzene rings is 3. The number of carbonyl (C=O) groups is 2. The lowest BCUT2D eigenvalue weighted by atomic mass is 10.0. The van der Waals surface area contributed by atoms with Gasteiger partial charge in [-0.15, -0.1) is 0 Å². The minimum Gasteiger partial charge on any atom is -0.496 e. The molecule has 31 heavy (non-hydrogen) atoms. The molecule has 0 atom stereocenters. The first kappa shape index (κ1) is 20.7. The van der Waals surface area contributed by atoms with E-state index >= 15 is 0 Å². The van der Waals surface area contributed by atoms with E-state index in [0.29, 0.717) is 27.7 Å². The van der Waals surface area contributed by atoms with Crippen LogP contribution in [-0.2, 0) is 9.59 Å². The first-order valence-corrected chi connectivity index (χ1v) is 10.1. The molecule has 1 aliphatic heterocycles. The van der Waals surface area contributed by atoms with Crippen LogP contribution in [0.25, 0.3) is 5.57 Å². The molecule has 0 fully saturated rings. The minimum atomic E-state index is -0.436. The maximum absolute atomic E-state index is 13.5. The topological polar surface area (TPSA) is 58.6 Å². The summed E-state index contributed by atoms with van der Waals surface area (Å²) >= 11 is 6.17. The summed E-state index contributed by atoms with van der Waals surface area (Å²) in [5.41, 5.74) is 4.07. The Labute approximate surface area is 185 Å². The molecule has 0 unspecified atom stereocenters. The molecule has 0 radical (unpaired) electrons. The van der Waals surface area contributed by atoms with E-state index in [0.717, 1.165) is 11.1 Å². The molecule has 5 nitrogen and oxygen atoms in total. The molecule has 0 bridgehead atoms. The zero-order valence-corrected chi connectivity index (χ0v) is 18.2. The van der Waals surface area contributed by atoms with E-state index in [1.807, 2.05) is 38.1 Å². The number of rotatable bonds is 5. The molecule has 0 saturated heterocycles. The molecule has 1 heterocycles. The molecule has 4 rings (SSSR count). The zero-order chi connectivity index (χ0) is 22.1. The van der Waals surface area contributed by atoms with Gasteiger partial charge in [0.1, 0.15) is 11.4 Å². The summed E-state index contributed by atoms with van der Waals surface area (Å²) in [6.07, 6.45) is 0. The largest absolute Gasteiger partial charge is 0.496 e. The third-order valence-electron chi connectivity index (χ3n) is 5.21. The number of aryl methyl sites for hydroxylation is 2. The Kier molecular flexibility index (Phi) is 5.53. The van der Waals surface area contributed by atoms with Crippen molar-refractivity contribution in [2.24, 2.45) is 0 Å². The van der Waals surface area contributed by atoms with E-state index in [-0.39, 0.29) is 11.3 Å². The number of hydrogen-bond donors (Lipinski definition) is 1. The van der Waals surface area contributed by atoms with Gasteiger partial charge in [-0.1, -0.05) is 53.6 Å². The molecule has 0 spiro atoms. The highest BCUT2D eigenvalue weighted by Gasteiger charge is 2.41. The molecule has 6 heteroatoms. The quantitative estimate of drug-likeness (QED) is 0.551. The van der Waals surface area contributed by atoms with Crippen LogP contribution < -0.4 is 15.0 Å². The van der Waals surface area contributed by atoms with Crippen LogP contribution in [0.5, 0.6) is 5.75 Å². The molecule has 156 valence electrons. The number of para-hydroxylation sites is 1. The van der Waals surface area contributed by atoms with Crippen LogP contribution >= 0.6 is 11.6 Å². The second-order valence-corrected chi connectivity index (χ2v) is 7.75. The fraction of sp³-hybridized carbons (Fsp3) is 0.120. The molecule has 1 N–H and O–H groups in total. The van der Waals surface area contributed by atoms with Crippen molar-refractivity contribution in [2.75, 3.05) is 17.3 Å². The second-order valence-electron chi connectivity index (χ2n) is 7.32. The van der Waals surface area contributed by atoms with Gasteiger partial charge in [-0.2, -0.15) is 0 Å². The Balaban J connectivity index is 1.88. The highest BCUT2D eigenvalue weighted by Crippen LogP contribution is 2.38. The molecule has 0 saturated carbocycles. The number of hydrogen-bond acceptors (Lipinski definition) is 4. The third-order valence-corrected chi connectivity index (χ3v) is 5.45. The van der Waals surface area contributed by atoms with Gasteiger partial charge >= 0.3 is 0 Å². The number of amides is 2. The number of imide groups is 1. The first-order valence-electron chi connectivity index (χ1n) is 9.77. The summed E-state index contributed by atoms with van der Waals surface area (Å²) < 4.78 is 5.47. The smallest absolute Gasteiger partial charge is 0.282 e. The number of carbonyl (C=O) groups excluding carboxylic acids is 2. The second kappa shape index (κ2) is 8.28. The highest BCUT2D eigenvalue weighted by atomic mass is 35.5. The van der Waals surface area contributed by atoms with Gasteiger partial charge in [0.2, 0.25) is 0 Å². The van der Waals surface area contributed by atoms with Gasteiger partial charge in [0.05, 0.1) is 18.4 Å². The van der Waals surface area contributed by atoms with E-state index in [1.54, 1.807) is 42.5 Å². The molecular formula is C25H21ClN2O3. The van der Waals surface area contributed by atoms with Crippen molar-refractivity contribution >= 4 is 40.4 Å². The van der Waals surface area contributed by atoms with E-state index in [1.165, 1.54) is 12.0 Å². The SMILES string of the molecule is COc1ccccc1C1=C(Nc2cc(Cl)ccc2C)C(=O)N(c2ccc(C)cc2)C1=O. The predicted octanol–water partition coefficient (Wildman–Crippen LogP) is 5.36. The minimum absolute atomic E-state index is 0.181. The van der Waals surface area contributed by atoms with E-state index in [2.05, 4.69) is 5.32 Å². The van der Waals surface area contributed by atoms with Gasteiger partial charge in [-0.25, -0.2) is 4.90 Å². The highest BCUT2D eigenvalue weighted by molar-refractivity contribution is 6.46. The summed E-state index contributed by atoms with van der Waals surface area (Å²) in [5.74, 6) is -0.346. The van der Waals surface area contributed by atoms with Crippen molar-refractivity contribution in [3.8, 4) is 5.75 Å². The number of nitrogens with zero attached hydrogens (tertiary/aromatic N) is 1. The Hall–Kier alpha value is -3.57. The van der Waals surface area contributed by atoms with E-state index < -0.39 is 11.8 Å². The Morgan fingerprint density at radius 1 is 0.903 bits per heavy atom. The van der Waals surface area contributed by atoms with Crippen molar-refractivity contribution in [1.82, 2.24) is 0 Å². The van der Waals surface area contributed by atoms with Crippen molar-refractivity contribution < 1.29 is 14.3 Å². The molecule has 1 aliphatic rings. The standard InChI is InChI=1S/C25H21ClN2O3/c1-15-8-12-18(13-9-15)28-24(29)22(19-6-4-5-7-21(19)31-3)23(25(28)30)27-20-14-17(26)11-10-16(20)2/h4-14,27H,1-3H3. The van der Waals surface area contributed by atoms with Gasteiger partial charge in [0, 0.05) is 16.3 Å². The molecule has 3 aromatic carbocycles. The lowest BCUT2D eigenvalue weighted by Crippen LogP contribution is -2.32. The molecule has 0 aromatic heterocycles. The fourth-order valence-electron chi connectivity index (χ4n) is 3.54. The summed E-state index contributed by atoms with van der Waals surface area (Å²) in [4.78, 5) is 28.2. The maximum Gasteiger partial charge on any atom is 0.282 e. The van der Waals surface area contributed by atoms with Crippen molar-refractivity contribution in [1.29, 1.82) is 0 Å². The monoisotopic (exact) mass is 432 g/mol. The molecule has 3 aromatic rings. The average molecular weight is 433 g/mol. The number of anilines is 2. The van der Waals surface area contributed by atoms with Gasteiger partial charge < -0.3 is 10.1 Å². The summed E-state index contributed by atoms with van der Waals surface area (Å²) in [7, 11) is 1.53. The van der Waals surface area contributed by atoms with E-state index in [4.69, 9.17) is 16.3 Å². The lowest BCUT2D eigenvalue weighted by molar-refractivity contribution is -0.120. The summed E-state index contributed by atoms with van der Waals surface area (Å²) in [6, 6.07) is 19.8. The van der Waals surface area contributed by atoms with Gasteiger partial charge in [0.15, 0.2) is 0 Å². The van der Waals surface area contributed by atoms with Gasteiger partial charge in [-0.05, 0) is 49.7 Å². The number of ether oxygens (including phenoxy) is 1. The van der Waals surface area contributed by atoms with Crippen LogP contribution in [0.3, 0.4) is 0 Å². The Bertz CT molecular complexity index is 1220. The maximum atomic E-state index is 13.5. The molecule has 0 aliphatic carbocycles. The zero-order valence-electron chi connectivity index (χ0n) is 17.4. The van der Waals surface area contributed by atoms with Crippen LogP contribution in [0.4, 0.5) is 11.4 Å². The van der Waals surface area contributed by atoms with Crippen LogP contribution in [0.1, 0.15) is 16.7 Å². The molecule has 2 amide bonds. The van der Waals surface area contributed by atoms with Crippen molar-refractivity contribution in [3.05, 3.63) is 94.1 Å². The fourth-order valence-corrected chi connectivity index (χ4v) is 3.71. The number of halogens is 1. The first-order chi connectivity index (χ1) is 14.9. The van der Waals surface area contributed by atoms with Crippen molar-refractivity contribution in [2.45, 2.75) is 13.8 Å². The lowest BCUT2D eigenvalue weighted by Gasteiger charge is -2.16. The Morgan fingerprint density at radius 2 is 1.61 bits per heavy atom. The van der Waals surface area contributed by atoms with Crippen LogP contribution in [0, 0.1) is 13.8 Å². The average Bonchev–Trinajstić information content (AvgIpc) is 3.01. The summed E-state index contributed by atoms with van der Waals surface area (Å²) in [6.45, 7) is 3.85. The normalized spacial score (nSPS) is 13.7. The van der Waals surface area contributed by atoms with Gasteiger partial charge in [-0.3, -0.25) is 9.59 Å². The molecular weight excluding hydrogens is 412 g/mol.